The van der Waals surface area contributed by atoms with Crippen molar-refractivity contribution in [2.45, 2.75) is 76.2 Å². The smallest absolute Gasteiger partial charge is 0.347 e. The molecule has 1 rings (SSSR count). The molecule has 0 bridgehead atoms. The molecule has 0 saturated carbocycles. The Morgan fingerprint density at radius 2 is 1.27 bits per heavy atom. The number of carbonyl (C=O) groups excluding carboxylic acids is 3. The first-order valence-corrected chi connectivity index (χ1v) is 7.55. The Hall–Kier alpha value is -1.75. The van der Waals surface area contributed by atoms with Gasteiger partial charge in [0.2, 0.25) is 0 Å². The first-order chi connectivity index (χ1) is 11.7. The van der Waals surface area contributed by atoms with Gasteiger partial charge in [-0.2, -0.15) is 0 Å². The highest BCUT2D eigenvalue weighted by Gasteiger charge is 2.32. The topological polar surface area (TPSA) is 138 Å². The molecule has 3 unspecified atom stereocenters. The lowest BCUT2D eigenvalue weighted by Crippen LogP contribution is -2.40. The maximum atomic E-state index is 10.7. The van der Waals surface area contributed by atoms with E-state index >= 15 is 0 Å². The lowest BCUT2D eigenvalue weighted by Gasteiger charge is -2.22. The molecule has 188 valence electrons. The molecule has 0 aromatic carbocycles. The maximum Gasteiger partial charge on any atom is 0.347 e. The van der Waals surface area contributed by atoms with E-state index in [0.29, 0.717) is 13.2 Å². The monoisotopic (exact) mass is 448 g/mol. The van der Waals surface area contributed by atoms with Crippen molar-refractivity contribution in [3.63, 3.8) is 0 Å². The van der Waals surface area contributed by atoms with Crippen LogP contribution in [-0.4, -0.2) is 87.1 Å². The second-order valence-corrected chi connectivity index (χ2v) is 4.71. The summed E-state index contributed by atoms with van der Waals surface area (Å²) < 4.78 is 22.8. The highest BCUT2D eigenvalue weighted by Crippen LogP contribution is 2.08. The SMILES string of the molecule is C.C.C.C.C.CC1OC(=O)C(C)OC1=O.COCCO.COCCOC(=O)C(C)O. The summed E-state index contributed by atoms with van der Waals surface area (Å²) in [6, 6.07) is 0. The fraction of sp³-hybridized carbons (Fsp3) is 0.850. The maximum absolute atomic E-state index is 10.7. The van der Waals surface area contributed by atoms with Gasteiger partial charge in [0.05, 0.1) is 19.8 Å². The third kappa shape index (κ3) is 26.2. The summed E-state index contributed by atoms with van der Waals surface area (Å²) in [7, 11) is 3.06. The Kier molecular flexibility index (Phi) is 45.6. The van der Waals surface area contributed by atoms with E-state index in [2.05, 4.69) is 23.7 Å². The van der Waals surface area contributed by atoms with Crippen molar-refractivity contribution in [3.8, 4) is 0 Å². The molecule has 1 aliphatic heterocycles. The fourth-order valence-corrected chi connectivity index (χ4v) is 1.07. The second-order valence-electron chi connectivity index (χ2n) is 4.71. The van der Waals surface area contributed by atoms with Gasteiger partial charge in [0.15, 0.2) is 12.2 Å². The number of ether oxygens (including phenoxy) is 5. The lowest BCUT2D eigenvalue weighted by molar-refractivity contribution is -0.191. The molecule has 2 N–H and O–H groups in total. The molecule has 0 aromatic heterocycles. The second kappa shape index (κ2) is 29.5. The van der Waals surface area contributed by atoms with Crippen LogP contribution in [0.3, 0.4) is 0 Å². The van der Waals surface area contributed by atoms with Crippen molar-refractivity contribution in [2.75, 3.05) is 40.6 Å². The van der Waals surface area contributed by atoms with Gasteiger partial charge in [-0.3, -0.25) is 0 Å². The number of esters is 3. The number of cyclic esters (lactones) is 2. The van der Waals surface area contributed by atoms with Gasteiger partial charge in [-0.05, 0) is 20.8 Å². The number of rotatable bonds is 6. The Morgan fingerprint density at radius 3 is 1.50 bits per heavy atom. The van der Waals surface area contributed by atoms with Gasteiger partial charge < -0.3 is 33.9 Å². The van der Waals surface area contributed by atoms with E-state index in [4.69, 9.17) is 10.2 Å². The summed E-state index contributed by atoms with van der Waals surface area (Å²) in [5, 5.41) is 16.5. The van der Waals surface area contributed by atoms with Crippen LogP contribution < -0.4 is 0 Å². The Balaban J connectivity index is -0.0000000511. The molecule has 10 nitrogen and oxygen atoms in total. The Bertz CT molecular complexity index is 364. The molecule has 0 aromatic rings. The van der Waals surface area contributed by atoms with Crippen LogP contribution in [0.25, 0.3) is 0 Å². The number of aliphatic hydroxyl groups excluding tert-OH is 2. The lowest BCUT2D eigenvalue weighted by atomic mass is 10.3. The minimum absolute atomic E-state index is 0. The summed E-state index contributed by atoms with van der Waals surface area (Å²) in [4.78, 5) is 31.8. The number of methoxy groups -OCH3 is 2. The van der Waals surface area contributed by atoms with Crippen LogP contribution in [-0.2, 0) is 38.1 Å². The van der Waals surface area contributed by atoms with Crippen LogP contribution in [0, 0.1) is 0 Å². The van der Waals surface area contributed by atoms with Gasteiger partial charge in [0, 0.05) is 14.2 Å². The summed E-state index contributed by atoms with van der Waals surface area (Å²) in [6.07, 6.45) is -2.54. The van der Waals surface area contributed by atoms with E-state index in [1.54, 1.807) is 7.11 Å². The summed E-state index contributed by atoms with van der Waals surface area (Å²) in [5.74, 6) is -1.57. The standard InChI is InChI=1S/C6H8O4.C6H12O4.C3H8O2.5CH4/c1-3-5(7)10-4(2)6(8)9-3;1-5(7)6(8)10-4-3-9-2;1-5-3-2-4;;;;;/h3-4H,1-2H3;5,7H,3-4H2,1-2H3;4H,2-3H2,1H3;5*1H4. The average Bonchev–Trinajstić information content (AvgIpc) is 2.55. The largest absolute Gasteiger partial charge is 0.461 e. The van der Waals surface area contributed by atoms with Crippen LogP contribution in [0.15, 0.2) is 0 Å². The van der Waals surface area contributed by atoms with Crippen molar-refractivity contribution < 1.29 is 48.3 Å². The summed E-state index contributed by atoms with van der Waals surface area (Å²) in [6.45, 7) is 5.43. The first-order valence-electron chi connectivity index (χ1n) is 7.55. The quantitative estimate of drug-likeness (QED) is 0.353. The molecule has 0 radical (unpaired) electrons. The van der Waals surface area contributed by atoms with Gasteiger partial charge in [0.1, 0.15) is 12.7 Å². The van der Waals surface area contributed by atoms with Crippen molar-refractivity contribution in [1.29, 1.82) is 0 Å². The molecular formula is C20H48O10. The van der Waals surface area contributed by atoms with Crippen molar-refractivity contribution in [1.82, 2.24) is 0 Å². The molecule has 3 atom stereocenters. The van der Waals surface area contributed by atoms with E-state index < -0.39 is 36.2 Å². The molecule has 1 saturated heterocycles. The molecule has 0 aliphatic carbocycles. The minimum atomic E-state index is -1.04. The van der Waals surface area contributed by atoms with Crippen LogP contribution >= 0.6 is 0 Å². The number of aliphatic hydroxyl groups is 2. The fourth-order valence-electron chi connectivity index (χ4n) is 1.07. The third-order valence-electron chi connectivity index (χ3n) is 2.42. The summed E-state index contributed by atoms with van der Waals surface area (Å²) in [5.41, 5.74) is 0. The molecular weight excluding hydrogens is 400 g/mol. The molecule has 0 amide bonds. The Morgan fingerprint density at radius 1 is 0.900 bits per heavy atom. The van der Waals surface area contributed by atoms with Gasteiger partial charge in [0.25, 0.3) is 0 Å². The number of hydrogen-bond donors (Lipinski definition) is 2. The zero-order valence-electron chi connectivity index (χ0n) is 15.2. The first kappa shape index (κ1) is 46.5. The predicted octanol–water partition coefficient (Wildman–Crippen LogP) is 2.23. The normalized spacial score (nSPS) is 16.6. The van der Waals surface area contributed by atoms with E-state index in [-0.39, 0.29) is 50.3 Å². The zero-order valence-corrected chi connectivity index (χ0v) is 15.2. The van der Waals surface area contributed by atoms with E-state index in [1.165, 1.54) is 27.9 Å². The molecule has 30 heavy (non-hydrogen) atoms. The average molecular weight is 449 g/mol. The van der Waals surface area contributed by atoms with Crippen LogP contribution in [0.5, 0.6) is 0 Å². The van der Waals surface area contributed by atoms with E-state index in [9.17, 15) is 14.4 Å². The molecule has 10 heteroatoms. The van der Waals surface area contributed by atoms with Crippen molar-refractivity contribution in [3.05, 3.63) is 0 Å². The number of hydrogen-bond acceptors (Lipinski definition) is 10. The van der Waals surface area contributed by atoms with Crippen LogP contribution in [0.2, 0.25) is 0 Å². The summed E-state index contributed by atoms with van der Waals surface area (Å²) >= 11 is 0. The van der Waals surface area contributed by atoms with E-state index in [0.717, 1.165) is 0 Å². The van der Waals surface area contributed by atoms with E-state index in [1.807, 2.05) is 0 Å². The van der Waals surface area contributed by atoms with Gasteiger partial charge in [-0.25, -0.2) is 14.4 Å². The zero-order chi connectivity index (χ0) is 19.8. The minimum Gasteiger partial charge on any atom is -0.461 e. The predicted molar refractivity (Wildman–Crippen MR) is 118 cm³/mol. The third-order valence-corrected chi connectivity index (χ3v) is 2.42. The molecule has 1 fully saturated rings. The highest BCUT2D eigenvalue weighted by atomic mass is 16.6. The Labute approximate surface area is 183 Å². The molecule has 1 aliphatic rings. The van der Waals surface area contributed by atoms with Gasteiger partial charge in [-0.1, -0.05) is 37.1 Å². The van der Waals surface area contributed by atoms with Crippen LogP contribution in [0.1, 0.15) is 57.9 Å². The number of carbonyl (C=O) groups is 3. The molecule has 1 heterocycles. The van der Waals surface area contributed by atoms with Crippen molar-refractivity contribution >= 4 is 17.9 Å². The molecule has 0 spiro atoms. The van der Waals surface area contributed by atoms with Gasteiger partial charge in [-0.15, -0.1) is 0 Å². The van der Waals surface area contributed by atoms with Crippen LogP contribution in [0.4, 0.5) is 0 Å². The highest BCUT2D eigenvalue weighted by molar-refractivity contribution is 5.86. The van der Waals surface area contributed by atoms with Crippen molar-refractivity contribution in [2.24, 2.45) is 0 Å². The van der Waals surface area contributed by atoms with Gasteiger partial charge >= 0.3 is 17.9 Å².